The zero-order valence-electron chi connectivity index (χ0n) is 12.6. The summed E-state index contributed by atoms with van der Waals surface area (Å²) in [5, 5.41) is 7.18. The number of aryl methyl sites for hydroxylation is 1. The number of benzene rings is 2. The number of nitrogens with one attached hydrogen (secondary N) is 1. The van der Waals surface area contributed by atoms with Crippen molar-refractivity contribution in [2.24, 2.45) is 0 Å². The van der Waals surface area contributed by atoms with Gasteiger partial charge in [-0.2, -0.15) is 5.10 Å². The molecule has 0 bridgehead atoms. The van der Waals surface area contributed by atoms with Gasteiger partial charge in [0.1, 0.15) is 0 Å². The average Bonchev–Trinajstić information content (AvgIpc) is 3.03. The van der Waals surface area contributed by atoms with Crippen LogP contribution in [0.4, 0.5) is 5.69 Å². The Morgan fingerprint density at radius 2 is 1.82 bits per heavy atom. The number of carbonyl (C=O) groups is 1. The van der Waals surface area contributed by atoms with Gasteiger partial charge >= 0.3 is 0 Å². The van der Waals surface area contributed by atoms with Gasteiger partial charge in [0.05, 0.1) is 17.4 Å². The molecule has 0 spiro atoms. The lowest BCUT2D eigenvalue weighted by molar-refractivity contribution is 0.102. The fraction of sp³-hybridized carbons (Fsp3) is 0.111. The molecular formula is C18H17N3O. The molecule has 4 nitrogen and oxygen atoms in total. The largest absolute Gasteiger partial charge is 0.322 e. The van der Waals surface area contributed by atoms with Gasteiger partial charge in [-0.25, -0.2) is 4.68 Å². The molecule has 2 aromatic carbocycles. The van der Waals surface area contributed by atoms with Crippen molar-refractivity contribution in [2.75, 3.05) is 5.32 Å². The fourth-order valence-corrected chi connectivity index (χ4v) is 2.24. The summed E-state index contributed by atoms with van der Waals surface area (Å²) in [4.78, 5) is 12.4. The third-order valence-electron chi connectivity index (χ3n) is 3.72. The van der Waals surface area contributed by atoms with Crippen LogP contribution >= 0.6 is 0 Å². The molecule has 3 aromatic rings. The predicted molar refractivity (Wildman–Crippen MR) is 87.4 cm³/mol. The highest BCUT2D eigenvalue weighted by Gasteiger charge is 2.11. The quantitative estimate of drug-likeness (QED) is 0.799. The van der Waals surface area contributed by atoms with Crippen LogP contribution in [-0.4, -0.2) is 15.7 Å². The first-order valence-electron chi connectivity index (χ1n) is 7.13. The average molecular weight is 291 g/mol. The molecule has 0 aliphatic carbocycles. The van der Waals surface area contributed by atoms with Crippen LogP contribution in [0.15, 0.2) is 60.9 Å². The molecule has 22 heavy (non-hydrogen) atoms. The topological polar surface area (TPSA) is 46.9 Å². The van der Waals surface area contributed by atoms with E-state index < -0.39 is 0 Å². The zero-order chi connectivity index (χ0) is 15.5. The first-order valence-corrected chi connectivity index (χ1v) is 7.13. The molecule has 0 aliphatic heterocycles. The monoisotopic (exact) mass is 291 g/mol. The normalized spacial score (nSPS) is 10.5. The van der Waals surface area contributed by atoms with Crippen molar-refractivity contribution in [1.29, 1.82) is 0 Å². The minimum absolute atomic E-state index is 0.157. The highest BCUT2D eigenvalue weighted by Crippen LogP contribution is 2.19. The Hall–Kier alpha value is -2.88. The van der Waals surface area contributed by atoms with Crippen LogP contribution in [0.5, 0.6) is 0 Å². The summed E-state index contributed by atoms with van der Waals surface area (Å²) in [6.07, 6.45) is 3.31. The molecule has 1 aromatic heterocycles. The van der Waals surface area contributed by atoms with E-state index in [0.29, 0.717) is 5.56 Å². The molecule has 0 saturated heterocycles. The molecule has 3 rings (SSSR count). The highest BCUT2D eigenvalue weighted by atomic mass is 16.1. The van der Waals surface area contributed by atoms with E-state index in [-0.39, 0.29) is 5.91 Å². The second-order valence-electron chi connectivity index (χ2n) is 5.21. The first kappa shape index (κ1) is 14.1. The molecule has 1 heterocycles. The van der Waals surface area contributed by atoms with Crippen LogP contribution in [0.3, 0.4) is 0 Å². The molecule has 110 valence electrons. The summed E-state index contributed by atoms with van der Waals surface area (Å²) < 4.78 is 1.69. The number of rotatable bonds is 3. The predicted octanol–water partition coefficient (Wildman–Crippen LogP) is 3.74. The van der Waals surface area contributed by atoms with Crippen molar-refractivity contribution in [1.82, 2.24) is 9.78 Å². The molecule has 0 aliphatic rings. The van der Waals surface area contributed by atoms with E-state index in [0.717, 1.165) is 22.5 Å². The summed E-state index contributed by atoms with van der Waals surface area (Å²) in [5.74, 6) is -0.157. The Morgan fingerprint density at radius 3 is 2.59 bits per heavy atom. The maximum absolute atomic E-state index is 12.4. The summed E-state index contributed by atoms with van der Waals surface area (Å²) in [6, 6.07) is 15.6. The van der Waals surface area contributed by atoms with Gasteiger partial charge in [-0.15, -0.1) is 0 Å². The summed E-state index contributed by atoms with van der Waals surface area (Å²) in [5.41, 5.74) is 4.51. The maximum Gasteiger partial charge on any atom is 0.258 e. The fourth-order valence-electron chi connectivity index (χ4n) is 2.24. The molecule has 0 atom stereocenters. The zero-order valence-corrected chi connectivity index (χ0v) is 12.6. The van der Waals surface area contributed by atoms with Crippen molar-refractivity contribution in [3.05, 3.63) is 77.6 Å². The van der Waals surface area contributed by atoms with Gasteiger partial charge in [0, 0.05) is 11.9 Å². The molecule has 0 fully saturated rings. The van der Waals surface area contributed by atoms with Crippen molar-refractivity contribution in [3.8, 4) is 5.69 Å². The van der Waals surface area contributed by atoms with Gasteiger partial charge in [-0.1, -0.05) is 30.3 Å². The van der Waals surface area contributed by atoms with E-state index in [1.807, 2.05) is 62.4 Å². The lowest BCUT2D eigenvalue weighted by atomic mass is 10.1. The van der Waals surface area contributed by atoms with Crippen LogP contribution in [0.2, 0.25) is 0 Å². The number of hydrogen-bond donors (Lipinski definition) is 1. The molecule has 1 amide bonds. The standard InChI is InChI=1S/C18H17N3O/c1-13-7-6-10-17(14(13)2)20-18(22)15-11-19-21(12-15)16-8-4-3-5-9-16/h3-12H,1-2H3,(H,20,22). The molecule has 0 saturated carbocycles. The van der Waals surface area contributed by atoms with E-state index in [9.17, 15) is 4.79 Å². The smallest absolute Gasteiger partial charge is 0.258 e. The summed E-state index contributed by atoms with van der Waals surface area (Å²) >= 11 is 0. The SMILES string of the molecule is Cc1cccc(NC(=O)c2cnn(-c3ccccc3)c2)c1C. The Bertz CT molecular complexity index is 806. The second kappa shape index (κ2) is 5.85. The Labute approximate surface area is 129 Å². The minimum Gasteiger partial charge on any atom is -0.322 e. The number of carbonyl (C=O) groups excluding carboxylic acids is 1. The Kier molecular flexibility index (Phi) is 3.74. The Balaban J connectivity index is 1.82. The van der Waals surface area contributed by atoms with Crippen LogP contribution in [0.1, 0.15) is 21.5 Å². The molecule has 4 heteroatoms. The van der Waals surface area contributed by atoms with Gasteiger partial charge in [0.15, 0.2) is 0 Å². The second-order valence-corrected chi connectivity index (χ2v) is 5.21. The number of amides is 1. The number of para-hydroxylation sites is 1. The number of anilines is 1. The lowest BCUT2D eigenvalue weighted by Crippen LogP contribution is -2.12. The number of nitrogens with zero attached hydrogens (tertiary/aromatic N) is 2. The van der Waals surface area contributed by atoms with E-state index in [4.69, 9.17) is 0 Å². The van der Waals surface area contributed by atoms with Gasteiger partial charge in [-0.05, 0) is 43.2 Å². The van der Waals surface area contributed by atoms with Crippen LogP contribution in [0.25, 0.3) is 5.69 Å². The number of hydrogen-bond acceptors (Lipinski definition) is 2. The van der Waals surface area contributed by atoms with E-state index in [2.05, 4.69) is 10.4 Å². The molecular weight excluding hydrogens is 274 g/mol. The Morgan fingerprint density at radius 1 is 1.05 bits per heavy atom. The van der Waals surface area contributed by atoms with Crippen molar-refractivity contribution in [2.45, 2.75) is 13.8 Å². The number of aromatic nitrogens is 2. The van der Waals surface area contributed by atoms with Crippen molar-refractivity contribution < 1.29 is 4.79 Å². The van der Waals surface area contributed by atoms with Crippen molar-refractivity contribution >= 4 is 11.6 Å². The first-order chi connectivity index (χ1) is 10.6. The van der Waals surface area contributed by atoms with Gasteiger partial charge in [0.2, 0.25) is 0 Å². The van der Waals surface area contributed by atoms with Crippen LogP contribution in [0, 0.1) is 13.8 Å². The summed E-state index contributed by atoms with van der Waals surface area (Å²) in [7, 11) is 0. The van der Waals surface area contributed by atoms with E-state index >= 15 is 0 Å². The van der Waals surface area contributed by atoms with Gasteiger partial charge in [0.25, 0.3) is 5.91 Å². The molecule has 0 unspecified atom stereocenters. The third-order valence-corrected chi connectivity index (χ3v) is 3.72. The molecule has 0 radical (unpaired) electrons. The lowest BCUT2D eigenvalue weighted by Gasteiger charge is -2.09. The maximum atomic E-state index is 12.4. The minimum atomic E-state index is -0.157. The summed E-state index contributed by atoms with van der Waals surface area (Å²) in [6.45, 7) is 4.02. The van der Waals surface area contributed by atoms with Crippen LogP contribution in [-0.2, 0) is 0 Å². The van der Waals surface area contributed by atoms with Crippen molar-refractivity contribution in [3.63, 3.8) is 0 Å². The third kappa shape index (κ3) is 2.76. The van der Waals surface area contributed by atoms with E-state index in [1.54, 1.807) is 17.1 Å². The van der Waals surface area contributed by atoms with Gasteiger partial charge in [-0.3, -0.25) is 4.79 Å². The van der Waals surface area contributed by atoms with Crippen LogP contribution < -0.4 is 5.32 Å². The van der Waals surface area contributed by atoms with E-state index in [1.165, 1.54) is 0 Å². The molecule has 1 N–H and O–H groups in total. The highest BCUT2D eigenvalue weighted by molar-refractivity contribution is 6.04. The van der Waals surface area contributed by atoms with Gasteiger partial charge < -0.3 is 5.32 Å².